The standard InChI is InChI=1S/C21H25FN6O.HI/c1-14-19(15(2)28(4)27-14)13-26-21(23-3)25-12-16-8-9-20(24-11-16)29-18-7-5-6-17(22)10-18;/h5-11H,12-13H2,1-4H3,(H2,23,25,26);1H. The number of rotatable bonds is 6. The Morgan fingerprint density at radius 2 is 1.93 bits per heavy atom. The van der Waals surface area contributed by atoms with Crippen LogP contribution in [-0.4, -0.2) is 27.8 Å². The predicted octanol–water partition coefficient (Wildman–Crippen LogP) is 3.85. The Morgan fingerprint density at radius 3 is 2.53 bits per heavy atom. The number of benzene rings is 1. The predicted molar refractivity (Wildman–Crippen MR) is 126 cm³/mol. The van der Waals surface area contributed by atoms with Gasteiger partial charge in [-0.25, -0.2) is 9.37 Å². The van der Waals surface area contributed by atoms with E-state index in [4.69, 9.17) is 4.74 Å². The van der Waals surface area contributed by atoms with Gasteiger partial charge in [-0.1, -0.05) is 12.1 Å². The highest BCUT2D eigenvalue weighted by molar-refractivity contribution is 14.0. The fraction of sp³-hybridized carbons (Fsp3) is 0.286. The maximum absolute atomic E-state index is 13.2. The number of aryl methyl sites for hydroxylation is 2. The molecule has 0 aliphatic heterocycles. The van der Waals surface area contributed by atoms with Crippen LogP contribution in [0.15, 0.2) is 47.6 Å². The van der Waals surface area contributed by atoms with E-state index >= 15 is 0 Å². The molecule has 0 amide bonds. The van der Waals surface area contributed by atoms with Gasteiger partial charge in [0.1, 0.15) is 11.6 Å². The molecule has 30 heavy (non-hydrogen) atoms. The minimum Gasteiger partial charge on any atom is -0.439 e. The Labute approximate surface area is 192 Å². The van der Waals surface area contributed by atoms with Crippen molar-refractivity contribution in [1.29, 1.82) is 0 Å². The number of nitrogens with one attached hydrogen (secondary N) is 2. The molecule has 0 saturated heterocycles. The molecular weight excluding hydrogens is 498 g/mol. The Bertz CT molecular complexity index is 1000. The number of pyridine rings is 1. The molecule has 0 atom stereocenters. The summed E-state index contributed by atoms with van der Waals surface area (Å²) in [5.41, 5.74) is 4.26. The zero-order valence-electron chi connectivity index (χ0n) is 17.4. The van der Waals surface area contributed by atoms with Gasteiger partial charge in [-0.3, -0.25) is 9.67 Å². The van der Waals surface area contributed by atoms with Gasteiger partial charge >= 0.3 is 0 Å². The fourth-order valence-corrected chi connectivity index (χ4v) is 2.88. The molecule has 9 heteroatoms. The van der Waals surface area contributed by atoms with Crippen LogP contribution in [0, 0.1) is 19.7 Å². The summed E-state index contributed by atoms with van der Waals surface area (Å²) in [5.74, 6) is 1.16. The third-order valence-electron chi connectivity index (χ3n) is 4.59. The Morgan fingerprint density at radius 1 is 1.17 bits per heavy atom. The molecule has 0 bridgehead atoms. The second-order valence-electron chi connectivity index (χ2n) is 6.62. The van der Waals surface area contributed by atoms with Crippen molar-refractivity contribution in [2.24, 2.45) is 12.0 Å². The van der Waals surface area contributed by atoms with Crippen LogP contribution < -0.4 is 15.4 Å². The highest BCUT2D eigenvalue weighted by atomic mass is 127. The van der Waals surface area contributed by atoms with Gasteiger partial charge in [-0.2, -0.15) is 5.10 Å². The molecule has 2 heterocycles. The fourth-order valence-electron chi connectivity index (χ4n) is 2.88. The van der Waals surface area contributed by atoms with Crippen LogP contribution in [0.2, 0.25) is 0 Å². The van der Waals surface area contributed by atoms with Crippen molar-refractivity contribution in [1.82, 2.24) is 25.4 Å². The van der Waals surface area contributed by atoms with Crippen molar-refractivity contribution in [3.05, 3.63) is 70.9 Å². The second kappa shape index (κ2) is 10.9. The Balaban J connectivity index is 0.00000320. The first-order valence-electron chi connectivity index (χ1n) is 9.28. The van der Waals surface area contributed by atoms with Crippen molar-refractivity contribution >= 4 is 29.9 Å². The van der Waals surface area contributed by atoms with E-state index in [-0.39, 0.29) is 29.8 Å². The molecule has 2 aromatic heterocycles. The van der Waals surface area contributed by atoms with Crippen LogP contribution in [0.25, 0.3) is 0 Å². The number of aliphatic imine (C=N–C) groups is 1. The topological polar surface area (TPSA) is 76.4 Å². The lowest BCUT2D eigenvalue weighted by Crippen LogP contribution is -2.36. The number of ether oxygens (including phenoxy) is 1. The molecule has 0 aliphatic carbocycles. The van der Waals surface area contributed by atoms with E-state index in [1.165, 1.54) is 12.1 Å². The van der Waals surface area contributed by atoms with Gasteiger partial charge in [0, 0.05) is 56.8 Å². The summed E-state index contributed by atoms with van der Waals surface area (Å²) < 4.78 is 20.7. The van der Waals surface area contributed by atoms with E-state index in [0.717, 1.165) is 22.5 Å². The maximum Gasteiger partial charge on any atom is 0.219 e. The van der Waals surface area contributed by atoms with Crippen molar-refractivity contribution in [2.75, 3.05) is 7.05 Å². The molecule has 0 spiro atoms. The molecule has 0 aliphatic rings. The van der Waals surface area contributed by atoms with Crippen LogP contribution in [0.3, 0.4) is 0 Å². The molecule has 7 nitrogen and oxygen atoms in total. The molecule has 0 unspecified atom stereocenters. The van der Waals surface area contributed by atoms with E-state index in [1.54, 1.807) is 31.4 Å². The SMILES string of the molecule is CN=C(NCc1ccc(Oc2cccc(F)c2)nc1)NCc1c(C)nn(C)c1C.I. The first-order chi connectivity index (χ1) is 14.0. The minimum absolute atomic E-state index is 0. The van der Waals surface area contributed by atoms with E-state index in [0.29, 0.717) is 30.7 Å². The number of guanidine groups is 1. The molecular formula is C21H26FIN6O. The highest BCUT2D eigenvalue weighted by Crippen LogP contribution is 2.20. The molecule has 0 radical (unpaired) electrons. The minimum atomic E-state index is -0.348. The summed E-state index contributed by atoms with van der Waals surface area (Å²) in [6.45, 7) is 5.24. The molecule has 160 valence electrons. The Hall–Kier alpha value is -2.69. The Kier molecular flexibility index (Phi) is 8.58. The zero-order chi connectivity index (χ0) is 20.8. The van der Waals surface area contributed by atoms with E-state index in [2.05, 4.69) is 25.7 Å². The quantitative estimate of drug-likeness (QED) is 0.291. The monoisotopic (exact) mass is 524 g/mol. The summed E-state index contributed by atoms with van der Waals surface area (Å²) in [7, 11) is 3.67. The van der Waals surface area contributed by atoms with Crippen molar-refractivity contribution < 1.29 is 9.13 Å². The lowest BCUT2D eigenvalue weighted by molar-refractivity contribution is 0.457. The van der Waals surface area contributed by atoms with Crippen LogP contribution in [0.1, 0.15) is 22.5 Å². The van der Waals surface area contributed by atoms with E-state index in [1.807, 2.05) is 31.6 Å². The first-order valence-corrected chi connectivity index (χ1v) is 9.28. The van der Waals surface area contributed by atoms with Crippen molar-refractivity contribution in [3.8, 4) is 11.6 Å². The summed E-state index contributed by atoms with van der Waals surface area (Å²) in [6.07, 6.45) is 1.71. The number of aromatic nitrogens is 3. The van der Waals surface area contributed by atoms with Crippen molar-refractivity contribution in [2.45, 2.75) is 26.9 Å². The maximum atomic E-state index is 13.2. The largest absolute Gasteiger partial charge is 0.439 e. The third-order valence-corrected chi connectivity index (χ3v) is 4.59. The van der Waals surface area contributed by atoms with Gasteiger partial charge in [-0.05, 0) is 31.5 Å². The highest BCUT2D eigenvalue weighted by Gasteiger charge is 2.10. The summed E-state index contributed by atoms with van der Waals surface area (Å²) in [4.78, 5) is 8.52. The second-order valence-corrected chi connectivity index (χ2v) is 6.62. The van der Waals surface area contributed by atoms with Gasteiger partial charge in [0.15, 0.2) is 5.96 Å². The molecule has 3 aromatic rings. The van der Waals surface area contributed by atoms with Gasteiger partial charge in [0.25, 0.3) is 0 Å². The van der Waals surface area contributed by atoms with Crippen LogP contribution in [0.4, 0.5) is 4.39 Å². The van der Waals surface area contributed by atoms with Gasteiger partial charge in [-0.15, -0.1) is 24.0 Å². The van der Waals surface area contributed by atoms with E-state index < -0.39 is 0 Å². The van der Waals surface area contributed by atoms with Gasteiger partial charge < -0.3 is 15.4 Å². The number of hydrogen-bond acceptors (Lipinski definition) is 4. The summed E-state index contributed by atoms with van der Waals surface area (Å²) >= 11 is 0. The summed E-state index contributed by atoms with van der Waals surface area (Å²) in [5, 5.41) is 11.0. The molecule has 0 fully saturated rings. The van der Waals surface area contributed by atoms with Gasteiger partial charge in [0.2, 0.25) is 5.88 Å². The van der Waals surface area contributed by atoms with Crippen LogP contribution in [-0.2, 0) is 20.1 Å². The third kappa shape index (κ3) is 6.15. The van der Waals surface area contributed by atoms with Crippen molar-refractivity contribution in [3.63, 3.8) is 0 Å². The molecule has 3 rings (SSSR count). The number of nitrogens with zero attached hydrogens (tertiary/aromatic N) is 4. The van der Waals surface area contributed by atoms with Crippen LogP contribution >= 0.6 is 24.0 Å². The first kappa shape index (κ1) is 23.6. The average molecular weight is 524 g/mol. The summed E-state index contributed by atoms with van der Waals surface area (Å²) in [6, 6.07) is 9.61. The molecule has 0 saturated carbocycles. The number of hydrogen-bond donors (Lipinski definition) is 2. The zero-order valence-corrected chi connectivity index (χ0v) is 19.8. The average Bonchev–Trinajstić information content (AvgIpc) is 2.95. The molecule has 1 aromatic carbocycles. The lowest BCUT2D eigenvalue weighted by atomic mass is 10.2. The van der Waals surface area contributed by atoms with Crippen LogP contribution in [0.5, 0.6) is 11.6 Å². The molecule has 2 N–H and O–H groups in total. The lowest BCUT2D eigenvalue weighted by Gasteiger charge is -2.12. The number of halogens is 2. The normalized spacial score (nSPS) is 11.0. The smallest absolute Gasteiger partial charge is 0.219 e. The van der Waals surface area contributed by atoms with Gasteiger partial charge in [0.05, 0.1) is 5.69 Å². The van der Waals surface area contributed by atoms with E-state index in [9.17, 15) is 4.39 Å².